The Bertz CT molecular complexity index is 545. The molecule has 9 heteroatoms. The van der Waals surface area contributed by atoms with E-state index in [9.17, 15) is 14.4 Å². The molecule has 0 spiro atoms. The number of carboxylic acid groups (broad SMARTS) is 3. The molecule has 1 rings (SSSR count). The Balaban J connectivity index is 0.000000462. The number of nitrogens with one attached hydrogen (secondary N) is 1. The van der Waals surface area contributed by atoms with Crippen LogP contribution in [-0.4, -0.2) is 57.2 Å². The first-order valence-corrected chi connectivity index (χ1v) is 7.33. The molecule has 1 unspecified atom stereocenters. The second kappa shape index (κ2) is 11.1. The average Bonchev–Trinajstić information content (AvgIpc) is 2.52. The van der Waals surface area contributed by atoms with Crippen LogP contribution in [-0.2, 0) is 25.7 Å². The quantitative estimate of drug-likeness (QED) is 0.398. The number of aliphatic hydroxyl groups is 1. The summed E-state index contributed by atoms with van der Waals surface area (Å²) in [7, 11) is 1.88. The fourth-order valence-corrected chi connectivity index (χ4v) is 1.59. The third-order valence-corrected chi connectivity index (χ3v) is 3.03. The number of benzene rings is 1. The summed E-state index contributed by atoms with van der Waals surface area (Å²) in [5, 5.41) is 36.8. The lowest BCUT2D eigenvalue weighted by Gasteiger charge is -2.18. The topological polar surface area (TPSA) is 153 Å². The molecular formula is C16H23NO8. The smallest absolute Gasteiger partial charge is 0.336 e. The van der Waals surface area contributed by atoms with Crippen LogP contribution < -0.4 is 5.32 Å². The summed E-state index contributed by atoms with van der Waals surface area (Å²) in [5.74, 6) is -5.02. The third kappa shape index (κ3) is 10.1. The van der Waals surface area contributed by atoms with Crippen molar-refractivity contribution in [3.8, 4) is 0 Å². The van der Waals surface area contributed by atoms with Crippen molar-refractivity contribution in [2.75, 3.05) is 7.05 Å². The van der Waals surface area contributed by atoms with Crippen molar-refractivity contribution in [3.63, 3.8) is 0 Å². The lowest BCUT2D eigenvalue weighted by atomic mass is 9.96. The normalized spacial score (nSPS) is 11.8. The molecule has 0 bridgehead atoms. The maximum Gasteiger partial charge on any atom is 0.336 e. The van der Waals surface area contributed by atoms with Crippen molar-refractivity contribution < 1.29 is 39.5 Å². The van der Waals surface area contributed by atoms with Crippen molar-refractivity contribution in [3.05, 3.63) is 35.9 Å². The largest absolute Gasteiger partial charge is 0.481 e. The predicted molar refractivity (Wildman–Crippen MR) is 86.8 cm³/mol. The molecule has 0 aliphatic carbocycles. The minimum atomic E-state index is -2.74. The van der Waals surface area contributed by atoms with Gasteiger partial charge >= 0.3 is 17.9 Å². The van der Waals surface area contributed by atoms with Crippen molar-refractivity contribution in [2.45, 2.75) is 38.2 Å². The molecule has 25 heavy (non-hydrogen) atoms. The number of ether oxygens (including phenoxy) is 1. The Hall–Kier alpha value is -2.49. The Labute approximate surface area is 144 Å². The minimum Gasteiger partial charge on any atom is -0.481 e. The van der Waals surface area contributed by atoms with Crippen LogP contribution in [0.2, 0.25) is 0 Å². The van der Waals surface area contributed by atoms with Crippen LogP contribution >= 0.6 is 0 Å². The molecule has 0 heterocycles. The van der Waals surface area contributed by atoms with Crippen molar-refractivity contribution in [2.24, 2.45) is 0 Å². The first kappa shape index (κ1) is 22.5. The molecule has 0 amide bonds. The van der Waals surface area contributed by atoms with E-state index in [1.54, 1.807) is 0 Å². The van der Waals surface area contributed by atoms with E-state index in [1.165, 1.54) is 5.56 Å². The predicted octanol–water partition coefficient (Wildman–Crippen LogP) is 0.520. The van der Waals surface area contributed by atoms with E-state index < -0.39 is 36.4 Å². The van der Waals surface area contributed by atoms with Gasteiger partial charge in [-0.05, 0) is 19.5 Å². The molecule has 1 aromatic rings. The first-order valence-electron chi connectivity index (χ1n) is 7.33. The lowest BCUT2D eigenvalue weighted by Crippen LogP contribution is -2.42. The van der Waals surface area contributed by atoms with Gasteiger partial charge in [0, 0.05) is 0 Å². The van der Waals surface area contributed by atoms with Crippen LogP contribution in [0.5, 0.6) is 0 Å². The highest BCUT2D eigenvalue weighted by molar-refractivity contribution is 5.88. The molecule has 0 saturated carbocycles. The first-order chi connectivity index (χ1) is 11.6. The summed E-state index contributed by atoms with van der Waals surface area (Å²) in [6.07, 6.45) is -2.17. The van der Waals surface area contributed by atoms with E-state index in [2.05, 4.69) is 17.4 Å². The van der Waals surface area contributed by atoms with Gasteiger partial charge in [-0.25, -0.2) is 4.79 Å². The Morgan fingerprint density at radius 1 is 1.08 bits per heavy atom. The van der Waals surface area contributed by atoms with Gasteiger partial charge in [-0.15, -0.1) is 0 Å². The summed E-state index contributed by atoms with van der Waals surface area (Å²) < 4.78 is 5.47. The summed E-state index contributed by atoms with van der Waals surface area (Å²) in [4.78, 5) is 30.5. The molecule has 1 aromatic carbocycles. The van der Waals surface area contributed by atoms with E-state index in [1.807, 2.05) is 32.2 Å². The van der Waals surface area contributed by atoms with Gasteiger partial charge in [0.15, 0.2) is 5.60 Å². The molecule has 0 aromatic heterocycles. The summed E-state index contributed by atoms with van der Waals surface area (Å²) in [6, 6.07) is 10.2. The van der Waals surface area contributed by atoms with Gasteiger partial charge in [-0.3, -0.25) is 14.9 Å². The number of aliphatic carboxylic acids is 3. The zero-order valence-electron chi connectivity index (χ0n) is 14.0. The van der Waals surface area contributed by atoms with Gasteiger partial charge in [0.1, 0.15) is 6.23 Å². The second-order valence-corrected chi connectivity index (χ2v) is 5.21. The van der Waals surface area contributed by atoms with Crippen LogP contribution in [0.15, 0.2) is 30.3 Å². The zero-order valence-corrected chi connectivity index (χ0v) is 14.0. The van der Waals surface area contributed by atoms with E-state index >= 15 is 0 Å². The molecule has 0 aliphatic rings. The zero-order chi connectivity index (χ0) is 19.5. The minimum absolute atomic E-state index is 0.116. The highest BCUT2D eigenvalue weighted by Crippen LogP contribution is 2.15. The van der Waals surface area contributed by atoms with Gasteiger partial charge in [0.2, 0.25) is 0 Å². The average molecular weight is 357 g/mol. The fourth-order valence-electron chi connectivity index (χ4n) is 1.59. The highest BCUT2D eigenvalue weighted by Gasteiger charge is 2.40. The van der Waals surface area contributed by atoms with E-state index in [0.29, 0.717) is 6.61 Å². The number of carboxylic acids is 3. The van der Waals surface area contributed by atoms with Crippen LogP contribution in [0.25, 0.3) is 0 Å². The number of carbonyl (C=O) groups is 3. The molecule has 0 fully saturated rings. The third-order valence-electron chi connectivity index (χ3n) is 3.03. The van der Waals surface area contributed by atoms with Crippen LogP contribution in [0.4, 0.5) is 0 Å². The summed E-state index contributed by atoms with van der Waals surface area (Å²) in [5.41, 5.74) is -1.53. The maximum atomic E-state index is 10.3. The molecule has 140 valence electrons. The van der Waals surface area contributed by atoms with E-state index in [4.69, 9.17) is 25.2 Å². The second-order valence-electron chi connectivity index (χ2n) is 5.21. The molecule has 0 radical (unpaired) electrons. The molecule has 1 atom stereocenters. The van der Waals surface area contributed by atoms with Crippen LogP contribution in [0.1, 0.15) is 25.3 Å². The standard InChI is InChI=1S/C10H15NO.C6H8O7/c1-9(11-2)12-8-10-6-4-3-5-7-10;7-3(8)1-6(13,5(11)12)2-4(9)10/h3-7,9,11H,8H2,1-2H3;13H,1-2H2,(H,7,8)(H,9,10)(H,11,12). The molecule has 0 aliphatic heterocycles. The van der Waals surface area contributed by atoms with Gasteiger partial charge in [-0.2, -0.15) is 0 Å². The summed E-state index contributed by atoms with van der Waals surface area (Å²) in [6.45, 7) is 2.66. The molecule has 0 saturated heterocycles. The van der Waals surface area contributed by atoms with Crippen molar-refractivity contribution in [1.29, 1.82) is 0 Å². The van der Waals surface area contributed by atoms with Gasteiger partial charge < -0.3 is 25.2 Å². The Morgan fingerprint density at radius 3 is 1.92 bits per heavy atom. The Morgan fingerprint density at radius 2 is 1.56 bits per heavy atom. The molecule has 5 N–H and O–H groups in total. The maximum absolute atomic E-state index is 10.3. The van der Waals surface area contributed by atoms with Gasteiger partial charge in [-0.1, -0.05) is 30.3 Å². The number of hydrogen-bond donors (Lipinski definition) is 5. The van der Waals surface area contributed by atoms with Crippen LogP contribution in [0.3, 0.4) is 0 Å². The monoisotopic (exact) mass is 357 g/mol. The highest BCUT2D eigenvalue weighted by atomic mass is 16.5. The lowest BCUT2D eigenvalue weighted by molar-refractivity contribution is -0.170. The SMILES string of the molecule is CNC(C)OCc1ccccc1.O=C(O)CC(O)(CC(=O)O)C(=O)O. The molecule has 9 nitrogen and oxygen atoms in total. The van der Waals surface area contributed by atoms with Crippen molar-refractivity contribution in [1.82, 2.24) is 5.32 Å². The number of rotatable bonds is 9. The van der Waals surface area contributed by atoms with Crippen molar-refractivity contribution >= 4 is 17.9 Å². The van der Waals surface area contributed by atoms with E-state index in [0.717, 1.165) is 0 Å². The Kier molecular flexibility index (Phi) is 10.0. The number of hydrogen-bond acceptors (Lipinski definition) is 6. The summed E-state index contributed by atoms with van der Waals surface area (Å²) >= 11 is 0. The molecular weight excluding hydrogens is 334 g/mol. The van der Waals surface area contributed by atoms with E-state index in [-0.39, 0.29) is 6.23 Å². The van der Waals surface area contributed by atoms with Gasteiger partial charge in [0.05, 0.1) is 19.4 Å². The fraction of sp³-hybridized carbons (Fsp3) is 0.438. The van der Waals surface area contributed by atoms with Crippen LogP contribution in [0, 0.1) is 0 Å². The van der Waals surface area contributed by atoms with Gasteiger partial charge in [0.25, 0.3) is 0 Å².